The van der Waals surface area contributed by atoms with Gasteiger partial charge in [0.2, 0.25) is 0 Å². The summed E-state index contributed by atoms with van der Waals surface area (Å²) in [7, 11) is -2.19. The molecule has 0 nitrogen and oxygen atoms in total. The van der Waals surface area contributed by atoms with E-state index in [1.165, 1.54) is 136 Å². The predicted molar refractivity (Wildman–Crippen MR) is 235 cm³/mol. The van der Waals surface area contributed by atoms with Crippen molar-refractivity contribution < 1.29 is 23.2 Å². The third-order valence-corrected chi connectivity index (χ3v) is 21.5. The number of allylic oxidation sites excluding steroid dienone is 2. The van der Waals surface area contributed by atoms with Crippen molar-refractivity contribution in [3.05, 3.63) is 129 Å². The van der Waals surface area contributed by atoms with E-state index in [0.717, 1.165) is 0 Å². The average molecular weight is 810 g/mol. The number of hydrogen-bond acceptors (Lipinski definition) is 0. The molecular weight excluding hydrogens is 744 g/mol. The molecule has 3 aliphatic rings. The molecule has 0 fully saturated rings. The van der Waals surface area contributed by atoms with Gasteiger partial charge in [0, 0.05) is 0 Å². The number of unbranched alkanes of at least 4 members (excludes halogenated alkanes) is 8. The van der Waals surface area contributed by atoms with Crippen molar-refractivity contribution in [1.29, 1.82) is 0 Å². The summed E-state index contributed by atoms with van der Waals surface area (Å²) in [6, 6.07) is 34.6. The van der Waals surface area contributed by atoms with Crippen LogP contribution in [0.3, 0.4) is 0 Å². The van der Waals surface area contributed by atoms with Crippen LogP contribution >= 0.6 is 0 Å². The van der Waals surface area contributed by atoms with E-state index in [1.54, 1.807) is 22.3 Å². The standard InChI is InChI=1S/C52H66Si.Zr/c1-7-11-15-17-21-39-29-33-41(34-30-39)47-27-19-25-43-37-45(23-13-9-3)51(49(43)47)53(5,6)52-46(24-14-10-4)38-44-26-20-28-48(50(44)52)42-35-31-40(32-36-42)22-18-16-12-8-2;/h19-20,25-38H,7-18,21-24H2,1-6H3;. The molecule has 2 unspecified atom stereocenters. The predicted octanol–water partition coefficient (Wildman–Crippen LogP) is 15.8. The molecule has 0 N–H and O–H groups in total. The van der Waals surface area contributed by atoms with Crippen molar-refractivity contribution in [2.45, 2.75) is 151 Å². The fraction of sp³-hybridized carbons (Fsp3) is 0.462. The van der Waals surface area contributed by atoms with E-state index in [-0.39, 0.29) is 0 Å². The van der Waals surface area contributed by atoms with E-state index >= 15 is 0 Å². The minimum atomic E-state index is -2.19. The molecule has 4 aromatic carbocycles. The van der Waals surface area contributed by atoms with Crippen molar-refractivity contribution in [3.8, 4) is 22.3 Å². The quantitative estimate of drug-likeness (QED) is 0.0694. The summed E-state index contributed by atoms with van der Waals surface area (Å²) in [6.45, 7) is 15.0. The van der Waals surface area contributed by atoms with Crippen LogP contribution in [0, 0.1) is 0 Å². The molecule has 0 spiro atoms. The van der Waals surface area contributed by atoms with Gasteiger partial charge < -0.3 is 0 Å². The summed E-state index contributed by atoms with van der Waals surface area (Å²) in [5.74, 6) is 0. The molecule has 0 aromatic heterocycles. The van der Waals surface area contributed by atoms with Gasteiger partial charge in [0.1, 0.15) is 0 Å². The molecule has 7 rings (SSSR count). The van der Waals surface area contributed by atoms with E-state index in [9.17, 15) is 0 Å². The molecule has 0 radical (unpaired) electrons. The number of aryl methyl sites for hydroxylation is 2. The molecule has 4 bridgehead atoms. The molecule has 54 heavy (non-hydrogen) atoms. The zero-order chi connectivity index (χ0) is 37.7. The first kappa shape index (κ1) is 39.7. The molecular formula is C52H66SiZr. The van der Waals surface area contributed by atoms with Gasteiger partial charge in [0.05, 0.1) is 0 Å². The molecule has 0 saturated carbocycles. The third-order valence-electron chi connectivity index (χ3n) is 13.0. The Balaban J connectivity index is 1.35. The molecule has 4 aromatic rings. The summed E-state index contributed by atoms with van der Waals surface area (Å²) in [6.07, 6.45) is 20.7. The van der Waals surface area contributed by atoms with E-state index in [1.807, 2.05) is 21.5 Å². The maximum absolute atomic E-state index is 2.77. The second-order valence-corrected chi connectivity index (χ2v) is 25.1. The number of rotatable bonds is 18. The monoisotopic (exact) mass is 808 g/mol. The Morgan fingerprint density at radius 3 is 1.24 bits per heavy atom. The first-order valence-corrected chi connectivity index (χ1v) is 27.9. The molecule has 2 atom stereocenters. The average Bonchev–Trinajstić information content (AvgIpc) is 3.71. The second kappa shape index (κ2) is 18.2. The Hall–Kier alpha value is -2.54. The Morgan fingerprint density at radius 1 is 0.444 bits per heavy atom. The maximum atomic E-state index is 2.77. The Kier molecular flexibility index (Phi) is 13.3. The van der Waals surface area contributed by atoms with Gasteiger partial charge in [0.15, 0.2) is 0 Å². The van der Waals surface area contributed by atoms with E-state index < -0.39 is 31.3 Å². The van der Waals surface area contributed by atoms with Crippen LogP contribution in [-0.2, 0) is 36.1 Å². The van der Waals surface area contributed by atoms with Crippen LogP contribution in [0.5, 0.6) is 0 Å². The second-order valence-electron chi connectivity index (χ2n) is 17.2. The zero-order valence-electron chi connectivity index (χ0n) is 34.6. The van der Waals surface area contributed by atoms with Crippen LogP contribution in [0.15, 0.2) is 96.1 Å². The van der Waals surface area contributed by atoms with Crippen molar-refractivity contribution in [1.82, 2.24) is 0 Å². The summed E-state index contributed by atoms with van der Waals surface area (Å²) in [5.41, 5.74) is 19.4. The Bertz CT molecular complexity index is 1820. The van der Waals surface area contributed by atoms with Crippen molar-refractivity contribution in [2.24, 2.45) is 0 Å². The topological polar surface area (TPSA) is 0 Å². The number of hydrogen-bond donors (Lipinski definition) is 0. The van der Waals surface area contributed by atoms with E-state index in [4.69, 9.17) is 0 Å². The Labute approximate surface area is 342 Å². The van der Waals surface area contributed by atoms with Gasteiger partial charge in [-0.25, -0.2) is 0 Å². The van der Waals surface area contributed by atoms with Crippen molar-refractivity contribution in [3.63, 3.8) is 0 Å². The molecule has 2 heteroatoms. The first-order chi connectivity index (χ1) is 26.4. The van der Waals surface area contributed by atoms with E-state index in [2.05, 4.69) is 126 Å². The van der Waals surface area contributed by atoms with Crippen molar-refractivity contribution in [2.75, 3.05) is 0 Å². The molecule has 0 amide bonds. The van der Waals surface area contributed by atoms with Crippen LogP contribution < -0.4 is 0 Å². The molecule has 2 aliphatic carbocycles. The molecule has 282 valence electrons. The van der Waals surface area contributed by atoms with Crippen LogP contribution in [0.4, 0.5) is 0 Å². The SMILES string of the molecule is CCCCCCc1ccc(-c2cccc3c2C2=C(CCCC)[CH]3[Zr][CH]3C(CCCC)=C(c4c(-c5ccc(CCCCCC)cc5)cccc43)[Si]2(C)C)cc1. The van der Waals surface area contributed by atoms with Gasteiger partial charge in [0.25, 0.3) is 0 Å². The van der Waals surface area contributed by atoms with E-state index in [0.29, 0.717) is 7.25 Å². The summed E-state index contributed by atoms with van der Waals surface area (Å²) in [4.78, 5) is 0. The summed E-state index contributed by atoms with van der Waals surface area (Å²) in [5, 5.41) is 3.67. The normalized spacial score (nSPS) is 18.0. The van der Waals surface area contributed by atoms with Gasteiger partial charge in [-0.1, -0.05) is 26.7 Å². The van der Waals surface area contributed by atoms with Gasteiger partial charge >= 0.3 is 317 Å². The van der Waals surface area contributed by atoms with Crippen LogP contribution in [-0.4, -0.2) is 8.07 Å². The minimum absolute atomic E-state index is 0.680. The third kappa shape index (κ3) is 7.87. The van der Waals surface area contributed by atoms with Crippen LogP contribution in [0.2, 0.25) is 13.1 Å². The molecule has 1 aliphatic heterocycles. The summed E-state index contributed by atoms with van der Waals surface area (Å²) < 4.78 is 1.36. The zero-order valence-corrected chi connectivity index (χ0v) is 38.0. The first-order valence-electron chi connectivity index (χ1n) is 22.1. The molecule has 1 heterocycles. The number of fused-ring (bicyclic) bond motifs is 8. The summed E-state index contributed by atoms with van der Waals surface area (Å²) >= 11 is -0.983. The number of benzene rings is 4. The molecule has 0 saturated heterocycles. The Morgan fingerprint density at radius 2 is 0.852 bits per heavy atom. The van der Waals surface area contributed by atoms with Gasteiger partial charge in [-0.3, -0.25) is 0 Å². The van der Waals surface area contributed by atoms with Gasteiger partial charge in [-0.05, 0) is 0 Å². The van der Waals surface area contributed by atoms with Crippen molar-refractivity contribution >= 4 is 18.5 Å². The van der Waals surface area contributed by atoms with Gasteiger partial charge in [-0.2, -0.15) is 0 Å². The fourth-order valence-corrected chi connectivity index (χ4v) is 20.4. The van der Waals surface area contributed by atoms with Gasteiger partial charge in [-0.15, -0.1) is 0 Å². The fourth-order valence-electron chi connectivity index (χ4n) is 10.2. The van der Waals surface area contributed by atoms with Crippen LogP contribution in [0.1, 0.15) is 158 Å². The van der Waals surface area contributed by atoms with Crippen LogP contribution in [0.25, 0.3) is 32.6 Å².